The van der Waals surface area contributed by atoms with Gasteiger partial charge in [-0.3, -0.25) is 0 Å². The molecule has 1 fully saturated rings. The topological polar surface area (TPSA) is 65.1 Å². The summed E-state index contributed by atoms with van der Waals surface area (Å²) in [6.45, 7) is 2.36. The quantitative estimate of drug-likeness (QED) is 0.644. The molecule has 156 valence electrons. The molecule has 1 saturated carbocycles. The summed E-state index contributed by atoms with van der Waals surface area (Å²) in [6, 6.07) is 5.52. The summed E-state index contributed by atoms with van der Waals surface area (Å²) in [7, 11) is 2.67. The van der Waals surface area contributed by atoms with Gasteiger partial charge in [0.2, 0.25) is 0 Å². The Morgan fingerprint density at radius 3 is 2.14 bits per heavy atom. The zero-order valence-corrected chi connectivity index (χ0v) is 17.7. The second-order valence-corrected chi connectivity index (χ2v) is 7.50. The summed E-state index contributed by atoms with van der Waals surface area (Å²) in [5.41, 5.74) is 1.45. The number of carbonyl (C=O) groups excluding carboxylic acids is 2. The molecule has 6 nitrogen and oxygen atoms in total. The van der Waals surface area contributed by atoms with Crippen molar-refractivity contribution in [2.75, 3.05) is 20.8 Å². The van der Waals surface area contributed by atoms with Crippen molar-refractivity contribution in [2.45, 2.75) is 44.6 Å². The Morgan fingerprint density at radius 2 is 1.66 bits per heavy atom. The predicted octanol–water partition coefficient (Wildman–Crippen LogP) is 4.19. The van der Waals surface area contributed by atoms with E-state index in [1.54, 1.807) is 30.6 Å². The van der Waals surface area contributed by atoms with Crippen molar-refractivity contribution in [2.24, 2.45) is 0 Å². The smallest absolute Gasteiger partial charge is 0.336 e. The SMILES string of the molecule is CCOc1ccc(C2C(C(=O)OC)=CN(C3CCCC3)C=C2C(=O)OC)cc1Cl. The number of rotatable bonds is 6. The largest absolute Gasteiger partial charge is 0.492 e. The molecule has 1 heterocycles. The van der Waals surface area contributed by atoms with Crippen molar-refractivity contribution >= 4 is 23.5 Å². The number of hydrogen-bond donors (Lipinski definition) is 0. The van der Waals surface area contributed by atoms with Crippen LogP contribution in [0.3, 0.4) is 0 Å². The second-order valence-electron chi connectivity index (χ2n) is 7.09. The summed E-state index contributed by atoms with van der Waals surface area (Å²) < 4.78 is 15.6. The van der Waals surface area contributed by atoms with Crippen LogP contribution in [-0.2, 0) is 19.1 Å². The van der Waals surface area contributed by atoms with Gasteiger partial charge in [-0.2, -0.15) is 0 Å². The minimum absolute atomic E-state index is 0.249. The first kappa shape index (κ1) is 21.2. The lowest BCUT2D eigenvalue weighted by Crippen LogP contribution is -2.33. The van der Waals surface area contributed by atoms with Crippen molar-refractivity contribution in [3.63, 3.8) is 0 Å². The first-order valence-corrected chi connectivity index (χ1v) is 10.2. The second kappa shape index (κ2) is 9.35. The fraction of sp³-hybridized carbons (Fsp3) is 0.455. The highest BCUT2D eigenvalue weighted by molar-refractivity contribution is 6.32. The standard InChI is InChI=1S/C22H26ClNO5/c1-4-29-19-10-9-14(11-18(19)23)20-16(21(25)27-2)12-24(15-7-5-6-8-15)13-17(20)22(26)28-3/h9-13,15,20H,4-8H2,1-3H3. The normalized spacial score (nSPS) is 17.6. The Labute approximate surface area is 176 Å². The van der Waals surface area contributed by atoms with Crippen LogP contribution in [0.25, 0.3) is 0 Å². The lowest BCUT2D eigenvalue weighted by Gasteiger charge is -2.33. The van der Waals surface area contributed by atoms with Crippen molar-refractivity contribution in [3.8, 4) is 5.75 Å². The molecule has 0 N–H and O–H groups in total. The summed E-state index contributed by atoms with van der Waals surface area (Å²) >= 11 is 6.38. The molecule has 1 aliphatic carbocycles. The molecule has 0 saturated heterocycles. The van der Waals surface area contributed by atoms with Gasteiger partial charge in [-0.25, -0.2) is 9.59 Å². The van der Waals surface area contributed by atoms with Crippen LogP contribution in [-0.4, -0.2) is 43.7 Å². The van der Waals surface area contributed by atoms with Gasteiger partial charge in [-0.1, -0.05) is 30.5 Å². The third-order valence-corrected chi connectivity index (χ3v) is 5.67. The van der Waals surface area contributed by atoms with E-state index in [2.05, 4.69) is 0 Å². The van der Waals surface area contributed by atoms with Crippen LogP contribution < -0.4 is 4.74 Å². The van der Waals surface area contributed by atoms with Gasteiger partial charge in [-0.15, -0.1) is 0 Å². The fourth-order valence-corrected chi connectivity index (χ4v) is 4.24. The minimum Gasteiger partial charge on any atom is -0.492 e. The van der Waals surface area contributed by atoms with Crippen LogP contribution in [0.15, 0.2) is 41.7 Å². The molecule has 0 amide bonds. The Hall–Kier alpha value is -2.47. The molecule has 0 spiro atoms. The van der Waals surface area contributed by atoms with Gasteiger partial charge in [-0.05, 0) is 37.5 Å². The summed E-state index contributed by atoms with van der Waals surface area (Å²) in [5.74, 6) is -1.07. The molecule has 0 atom stereocenters. The predicted molar refractivity (Wildman–Crippen MR) is 110 cm³/mol. The number of hydrogen-bond acceptors (Lipinski definition) is 6. The molecule has 7 heteroatoms. The van der Waals surface area contributed by atoms with Crippen molar-refractivity contribution in [1.29, 1.82) is 0 Å². The Bertz CT molecular complexity index is 808. The first-order chi connectivity index (χ1) is 14.0. The molecular weight excluding hydrogens is 394 g/mol. The van der Waals surface area contributed by atoms with E-state index in [0.717, 1.165) is 25.7 Å². The molecule has 1 aromatic carbocycles. The molecule has 3 rings (SSSR count). The van der Waals surface area contributed by atoms with Gasteiger partial charge in [0.15, 0.2) is 0 Å². The number of nitrogens with zero attached hydrogens (tertiary/aromatic N) is 1. The lowest BCUT2D eigenvalue weighted by atomic mass is 9.83. The summed E-state index contributed by atoms with van der Waals surface area (Å²) in [5, 5.41) is 0.413. The van der Waals surface area contributed by atoms with Gasteiger partial charge in [0.05, 0.1) is 42.9 Å². The highest BCUT2D eigenvalue weighted by atomic mass is 35.5. The van der Waals surface area contributed by atoms with E-state index in [9.17, 15) is 9.59 Å². The van der Waals surface area contributed by atoms with E-state index >= 15 is 0 Å². The molecule has 0 bridgehead atoms. The Kier molecular flexibility index (Phi) is 6.85. The monoisotopic (exact) mass is 419 g/mol. The molecule has 1 aromatic rings. The molecule has 1 aliphatic heterocycles. The molecule has 0 aromatic heterocycles. The molecule has 0 radical (unpaired) electrons. The van der Waals surface area contributed by atoms with Gasteiger partial charge in [0.25, 0.3) is 0 Å². The van der Waals surface area contributed by atoms with Crippen LogP contribution in [0.1, 0.15) is 44.1 Å². The maximum absolute atomic E-state index is 12.7. The molecule has 2 aliphatic rings. The third-order valence-electron chi connectivity index (χ3n) is 5.38. The number of ether oxygens (including phenoxy) is 3. The van der Waals surface area contributed by atoms with Gasteiger partial charge >= 0.3 is 11.9 Å². The highest BCUT2D eigenvalue weighted by Crippen LogP contribution is 2.41. The number of esters is 2. The minimum atomic E-state index is -0.638. The van der Waals surface area contributed by atoms with Crippen molar-refractivity contribution in [3.05, 3.63) is 52.3 Å². The third kappa shape index (κ3) is 4.42. The Morgan fingerprint density at radius 1 is 1.07 bits per heavy atom. The maximum atomic E-state index is 12.7. The molecule has 29 heavy (non-hydrogen) atoms. The van der Waals surface area contributed by atoms with Crippen LogP contribution in [0.2, 0.25) is 5.02 Å². The van der Waals surface area contributed by atoms with Crippen molar-refractivity contribution < 1.29 is 23.8 Å². The van der Waals surface area contributed by atoms with Crippen LogP contribution in [0.5, 0.6) is 5.75 Å². The lowest BCUT2D eigenvalue weighted by molar-refractivity contribution is -0.137. The highest BCUT2D eigenvalue weighted by Gasteiger charge is 2.37. The van der Waals surface area contributed by atoms with Gasteiger partial charge < -0.3 is 19.1 Å². The first-order valence-electron chi connectivity index (χ1n) is 9.79. The average Bonchev–Trinajstić information content (AvgIpc) is 3.28. The van der Waals surface area contributed by atoms with Crippen LogP contribution in [0.4, 0.5) is 0 Å². The molecular formula is C22H26ClNO5. The zero-order chi connectivity index (χ0) is 21.0. The van der Waals surface area contributed by atoms with E-state index in [0.29, 0.717) is 34.1 Å². The van der Waals surface area contributed by atoms with E-state index < -0.39 is 17.9 Å². The molecule has 0 unspecified atom stereocenters. The van der Waals surface area contributed by atoms with Gasteiger partial charge in [0, 0.05) is 18.4 Å². The number of halogens is 1. The van der Waals surface area contributed by atoms with Crippen molar-refractivity contribution in [1.82, 2.24) is 4.90 Å². The average molecular weight is 420 g/mol. The number of methoxy groups -OCH3 is 2. The summed E-state index contributed by atoms with van der Waals surface area (Å²) in [4.78, 5) is 27.3. The van der Waals surface area contributed by atoms with E-state index in [1.807, 2.05) is 11.8 Å². The zero-order valence-electron chi connectivity index (χ0n) is 16.9. The van der Waals surface area contributed by atoms with E-state index in [4.69, 9.17) is 25.8 Å². The number of benzene rings is 1. The van der Waals surface area contributed by atoms with Crippen LogP contribution >= 0.6 is 11.6 Å². The van der Waals surface area contributed by atoms with E-state index in [1.165, 1.54) is 14.2 Å². The number of carbonyl (C=O) groups is 2. The van der Waals surface area contributed by atoms with Gasteiger partial charge in [0.1, 0.15) is 5.75 Å². The van der Waals surface area contributed by atoms with Crippen LogP contribution in [0, 0.1) is 0 Å². The van der Waals surface area contributed by atoms with E-state index in [-0.39, 0.29) is 6.04 Å². The maximum Gasteiger partial charge on any atom is 0.336 e. The summed E-state index contributed by atoms with van der Waals surface area (Å²) in [6.07, 6.45) is 7.86. The Balaban J connectivity index is 2.08. The fourth-order valence-electron chi connectivity index (χ4n) is 3.99.